The molecule has 1 aromatic carbocycles. The van der Waals surface area contributed by atoms with Gasteiger partial charge in [0.2, 0.25) is 0 Å². The molecule has 0 N–H and O–H groups in total. The second-order valence-corrected chi connectivity index (χ2v) is 6.20. The van der Waals surface area contributed by atoms with Crippen LogP contribution >= 0.6 is 11.6 Å². The average Bonchev–Trinajstić information content (AvgIpc) is 2.91. The van der Waals surface area contributed by atoms with Crippen LogP contribution in [0.15, 0.2) is 42.9 Å². The quantitative estimate of drug-likeness (QED) is 0.664. The van der Waals surface area contributed by atoms with Crippen molar-refractivity contribution in [3.8, 4) is 11.1 Å². The molecule has 3 nitrogen and oxygen atoms in total. The molecule has 1 aliphatic rings. The van der Waals surface area contributed by atoms with Crippen LogP contribution in [0, 0.1) is 5.92 Å². The van der Waals surface area contributed by atoms with E-state index >= 15 is 0 Å². The predicted octanol–water partition coefficient (Wildman–Crippen LogP) is 4.55. The number of hydrogen-bond donors (Lipinski definition) is 0. The van der Waals surface area contributed by atoms with Gasteiger partial charge in [0.1, 0.15) is 5.15 Å². The van der Waals surface area contributed by atoms with Crippen molar-refractivity contribution >= 4 is 22.4 Å². The molecular weight excluding hydrogens is 282 g/mol. The molecule has 0 unspecified atom stereocenters. The molecule has 0 bridgehead atoms. The summed E-state index contributed by atoms with van der Waals surface area (Å²) in [5.41, 5.74) is 2.33. The summed E-state index contributed by atoms with van der Waals surface area (Å²) in [5, 5.41) is 7.23. The monoisotopic (exact) mass is 297 g/mol. The summed E-state index contributed by atoms with van der Waals surface area (Å²) in [5.74, 6) is 0.819. The number of halogens is 1. The maximum absolute atomic E-state index is 5.97. The van der Waals surface area contributed by atoms with Crippen LogP contribution in [-0.2, 0) is 6.54 Å². The van der Waals surface area contributed by atoms with Gasteiger partial charge >= 0.3 is 0 Å². The largest absolute Gasteiger partial charge is 0.272 e. The number of hydrogen-bond acceptors (Lipinski definition) is 2. The van der Waals surface area contributed by atoms with E-state index in [-0.39, 0.29) is 0 Å². The van der Waals surface area contributed by atoms with Crippen molar-refractivity contribution in [2.75, 3.05) is 0 Å². The molecule has 2 aromatic heterocycles. The van der Waals surface area contributed by atoms with E-state index in [0.717, 1.165) is 28.8 Å². The van der Waals surface area contributed by atoms with Gasteiger partial charge in [-0.15, -0.1) is 0 Å². The lowest BCUT2D eigenvalue weighted by molar-refractivity contribution is 0.266. The summed E-state index contributed by atoms with van der Waals surface area (Å²) in [6, 6.07) is 8.24. The topological polar surface area (TPSA) is 30.7 Å². The van der Waals surface area contributed by atoms with E-state index in [1.165, 1.54) is 24.8 Å². The first-order valence-electron chi connectivity index (χ1n) is 7.36. The molecule has 0 saturated heterocycles. The lowest BCUT2D eigenvalue weighted by atomic mass is 9.85. The molecule has 106 valence electrons. The molecule has 0 amide bonds. The van der Waals surface area contributed by atoms with Gasteiger partial charge in [0, 0.05) is 29.9 Å². The van der Waals surface area contributed by atoms with Crippen LogP contribution in [0.3, 0.4) is 0 Å². The zero-order chi connectivity index (χ0) is 14.2. The summed E-state index contributed by atoms with van der Waals surface area (Å²) in [6.45, 7) is 1.04. The Morgan fingerprint density at radius 1 is 1.10 bits per heavy atom. The first-order valence-corrected chi connectivity index (χ1v) is 7.74. The average molecular weight is 298 g/mol. The highest BCUT2D eigenvalue weighted by molar-refractivity contribution is 6.30. The van der Waals surface area contributed by atoms with Crippen molar-refractivity contribution in [3.05, 3.63) is 48.0 Å². The van der Waals surface area contributed by atoms with Gasteiger partial charge in [0.15, 0.2) is 0 Å². The van der Waals surface area contributed by atoms with E-state index in [1.54, 1.807) is 0 Å². The first-order chi connectivity index (χ1) is 10.3. The van der Waals surface area contributed by atoms with E-state index in [9.17, 15) is 0 Å². The molecule has 0 radical (unpaired) electrons. The minimum Gasteiger partial charge on any atom is -0.272 e. The Balaban J connectivity index is 1.65. The lowest BCUT2D eigenvalue weighted by Gasteiger charge is -2.24. The molecule has 21 heavy (non-hydrogen) atoms. The van der Waals surface area contributed by atoms with Gasteiger partial charge in [-0.05, 0) is 41.8 Å². The molecule has 3 aromatic rings. The third kappa shape index (κ3) is 2.54. The van der Waals surface area contributed by atoms with E-state index in [0.29, 0.717) is 5.15 Å². The fourth-order valence-corrected chi connectivity index (χ4v) is 3.01. The van der Waals surface area contributed by atoms with Crippen LogP contribution in [0.2, 0.25) is 5.15 Å². The third-order valence-electron chi connectivity index (χ3n) is 4.32. The van der Waals surface area contributed by atoms with Crippen molar-refractivity contribution in [1.82, 2.24) is 14.8 Å². The van der Waals surface area contributed by atoms with Crippen LogP contribution in [0.5, 0.6) is 0 Å². The second kappa shape index (κ2) is 5.15. The smallest absolute Gasteiger partial charge is 0.129 e. The SMILES string of the molecule is Clc1cc2cc(-c3cnn(CC4CCC4)c3)ccc2cn1. The molecule has 0 spiro atoms. The van der Waals surface area contributed by atoms with Crippen molar-refractivity contribution in [1.29, 1.82) is 0 Å². The number of aromatic nitrogens is 3. The molecule has 2 heterocycles. The van der Waals surface area contributed by atoms with Crippen molar-refractivity contribution in [2.45, 2.75) is 25.8 Å². The van der Waals surface area contributed by atoms with Crippen molar-refractivity contribution < 1.29 is 0 Å². The van der Waals surface area contributed by atoms with Gasteiger partial charge in [-0.1, -0.05) is 30.2 Å². The highest BCUT2D eigenvalue weighted by Crippen LogP contribution is 2.29. The van der Waals surface area contributed by atoms with Gasteiger partial charge in [0.05, 0.1) is 6.20 Å². The minimum atomic E-state index is 0.528. The van der Waals surface area contributed by atoms with Crippen molar-refractivity contribution in [2.24, 2.45) is 5.92 Å². The highest BCUT2D eigenvalue weighted by atomic mass is 35.5. The molecular formula is C17H16ClN3. The predicted molar refractivity (Wildman–Crippen MR) is 85.3 cm³/mol. The van der Waals surface area contributed by atoms with Gasteiger partial charge in [-0.25, -0.2) is 4.98 Å². The Kier molecular flexibility index (Phi) is 3.15. The maximum Gasteiger partial charge on any atom is 0.129 e. The minimum absolute atomic E-state index is 0.528. The molecule has 4 heteroatoms. The highest BCUT2D eigenvalue weighted by Gasteiger charge is 2.18. The van der Waals surface area contributed by atoms with Gasteiger partial charge in [0.25, 0.3) is 0 Å². The Bertz CT molecular complexity index is 790. The standard InChI is InChI=1S/C17H16ClN3/c18-17-7-15-6-13(4-5-14(15)8-19-17)16-9-20-21(11-16)10-12-2-1-3-12/h4-9,11-12H,1-3,10H2. The first kappa shape index (κ1) is 12.8. The zero-order valence-electron chi connectivity index (χ0n) is 11.7. The summed E-state index contributed by atoms with van der Waals surface area (Å²) < 4.78 is 2.07. The maximum atomic E-state index is 5.97. The molecule has 1 aliphatic carbocycles. The molecule has 1 fully saturated rings. The summed E-state index contributed by atoms with van der Waals surface area (Å²) in [7, 11) is 0. The van der Waals surface area contributed by atoms with E-state index < -0.39 is 0 Å². The van der Waals surface area contributed by atoms with E-state index in [2.05, 4.69) is 39.2 Å². The van der Waals surface area contributed by atoms with Gasteiger partial charge in [-0.3, -0.25) is 4.68 Å². The summed E-state index contributed by atoms with van der Waals surface area (Å²) in [4.78, 5) is 4.11. The number of fused-ring (bicyclic) bond motifs is 1. The molecule has 0 atom stereocenters. The van der Waals surface area contributed by atoms with Crippen molar-refractivity contribution in [3.63, 3.8) is 0 Å². The van der Waals surface area contributed by atoms with Crippen LogP contribution in [0.4, 0.5) is 0 Å². The normalized spacial score (nSPS) is 15.3. The second-order valence-electron chi connectivity index (χ2n) is 5.82. The van der Waals surface area contributed by atoms with E-state index in [1.807, 2.05) is 18.5 Å². The van der Waals surface area contributed by atoms with Crippen LogP contribution in [0.1, 0.15) is 19.3 Å². The Morgan fingerprint density at radius 3 is 2.81 bits per heavy atom. The van der Waals surface area contributed by atoms with Crippen LogP contribution < -0.4 is 0 Å². The van der Waals surface area contributed by atoms with Crippen LogP contribution in [0.25, 0.3) is 21.9 Å². The Morgan fingerprint density at radius 2 is 2.00 bits per heavy atom. The summed E-state index contributed by atoms with van der Waals surface area (Å²) in [6.07, 6.45) is 9.96. The van der Waals surface area contributed by atoms with E-state index in [4.69, 9.17) is 11.6 Å². The fraction of sp³-hybridized carbons (Fsp3) is 0.294. The van der Waals surface area contributed by atoms with Gasteiger partial charge < -0.3 is 0 Å². The fourth-order valence-electron chi connectivity index (χ4n) is 2.85. The Hall–Kier alpha value is -1.87. The third-order valence-corrected chi connectivity index (χ3v) is 4.53. The number of rotatable bonds is 3. The Labute approximate surface area is 128 Å². The molecule has 1 saturated carbocycles. The lowest BCUT2D eigenvalue weighted by Crippen LogP contribution is -2.18. The molecule has 0 aliphatic heterocycles. The molecule has 4 rings (SSSR count). The van der Waals surface area contributed by atoms with Gasteiger partial charge in [-0.2, -0.15) is 5.10 Å². The summed E-state index contributed by atoms with van der Waals surface area (Å²) >= 11 is 5.97. The number of pyridine rings is 1. The number of benzene rings is 1. The number of nitrogens with zero attached hydrogens (tertiary/aromatic N) is 3. The zero-order valence-corrected chi connectivity index (χ0v) is 12.4. The van der Waals surface area contributed by atoms with Crippen LogP contribution in [-0.4, -0.2) is 14.8 Å².